The maximum atomic E-state index is 13.2. The summed E-state index contributed by atoms with van der Waals surface area (Å²) in [6.45, 7) is 10.7. The molecule has 0 aliphatic carbocycles. The van der Waals surface area contributed by atoms with Crippen molar-refractivity contribution in [1.82, 2.24) is 14.7 Å². The Labute approximate surface area is 169 Å². The zero-order valence-corrected chi connectivity index (χ0v) is 17.9. The number of carbonyl (C=O) groups excluding carboxylic acids is 3. The molecule has 0 aromatic rings. The number of likely N-dealkylation sites (tertiary alicyclic amines) is 3. The Morgan fingerprint density at radius 1 is 1.07 bits per heavy atom. The van der Waals surface area contributed by atoms with E-state index < -0.39 is 0 Å². The first-order valence-corrected chi connectivity index (χ1v) is 11.1. The molecule has 1 atom stereocenters. The highest BCUT2D eigenvalue weighted by molar-refractivity contribution is 5.80. The van der Waals surface area contributed by atoms with E-state index >= 15 is 0 Å². The summed E-state index contributed by atoms with van der Waals surface area (Å²) in [7, 11) is 0. The van der Waals surface area contributed by atoms with Crippen molar-refractivity contribution in [2.24, 2.45) is 17.3 Å². The van der Waals surface area contributed by atoms with Gasteiger partial charge in [-0.2, -0.15) is 0 Å². The third-order valence-corrected chi connectivity index (χ3v) is 6.99. The van der Waals surface area contributed by atoms with Gasteiger partial charge < -0.3 is 14.7 Å². The van der Waals surface area contributed by atoms with Crippen molar-refractivity contribution in [3.8, 4) is 0 Å². The average Bonchev–Trinajstić information content (AvgIpc) is 2.68. The molecule has 3 amide bonds. The minimum atomic E-state index is 0.0491. The van der Waals surface area contributed by atoms with Crippen LogP contribution < -0.4 is 0 Å². The highest BCUT2D eigenvalue weighted by atomic mass is 16.2. The molecule has 28 heavy (non-hydrogen) atoms. The van der Waals surface area contributed by atoms with Gasteiger partial charge in [0.05, 0.1) is 0 Å². The lowest BCUT2D eigenvalue weighted by molar-refractivity contribution is -0.147. The third-order valence-electron chi connectivity index (χ3n) is 6.99. The molecule has 0 aromatic heterocycles. The Bertz CT molecular complexity index is 598. The van der Waals surface area contributed by atoms with Gasteiger partial charge in [0, 0.05) is 63.9 Å². The highest BCUT2D eigenvalue weighted by Crippen LogP contribution is 2.39. The number of hydrogen-bond donors (Lipinski definition) is 0. The molecule has 0 bridgehead atoms. The van der Waals surface area contributed by atoms with Crippen LogP contribution >= 0.6 is 0 Å². The van der Waals surface area contributed by atoms with Crippen LogP contribution in [-0.2, 0) is 14.4 Å². The first kappa shape index (κ1) is 21.1. The highest BCUT2D eigenvalue weighted by Gasteiger charge is 2.43. The number of nitrogens with zero attached hydrogens (tertiary/aromatic N) is 3. The number of carbonyl (C=O) groups is 3. The number of amides is 3. The third kappa shape index (κ3) is 4.87. The second-order valence-electron chi connectivity index (χ2n) is 9.64. The molecule has 0 aromatic carbocycles. The summed E-state index contributed by atoms with van der Waals surface area (Å²) in [5.74, 6) is 1.31. The maximum absolute atomic E-state index is 13.2. The SMILES string of the molecule is CC(=O)N1CCC(C(=O)N2CCC[C@]3(CCC(=O)N(CCC(C)C)C3)C2)CC1. The summed E-state index contributed by atoms with van der Waals surface area (Å²) >= 11 is 0. The van der Waals surface area contributed by atoms with Gasteiger partial charge in [0.15, 0.2) is 0 Å². The molecule has 3 heterocycles. The van der Waals surface area contributed by atoms with Gasteiger partial charge in [-0.3, -0.25) is 14.4 Å². The summed E-state index contributed by atoms with van der Waals surface area (Å²) in [6.07, 6.45) is 6.28. The van der Waals surface area contributed by atoms with Crippen LogP contribution in [0.25, 0.3) is 0 Å². The summed E-state index contributed by atoms with van der Waals surface area (Å²) in [5.41, 5.74) is 0.0822. The summed E-state index contributed by atoms with van der Waals surface area (Å²) in [5, 5.41) is 0. The quantitative estimate of drug-likeness (QED) is 0.740. The monoisotopic (exact) mass is 391 g/mol. The minimum absolute atomic E-state index is 0.0491. The lowest BCUT2D eigenvalue weighted by atomic mass is 9.73. The molecule has 1 spiro atoms. The van der Waals surface area contributed by atoms with E-state index in [4.69, 9.17) is 0 Å². The Morgan fingerprint density at radius 2 is 1.79 bits per heavy atom. The fourth-order valence-electron chi connectivity index (χ4n) is 5.15. The Morgan fingerprint density at radius 3 is 2.43 bits per heavy atom. The van der Waals surface area contributed by atoms with Crippen molar-refractivity contribution in [2.75, 3.05) is 39.3 Å². The van der Waals surface area contributed by atoms with Crippen LogP contribution in [0.2, 0.25) is 0 Å². The fraction of sp³-hybridized carbons (Fsp3) is 0.864. The minimum Gasteiger partial charge on any atom is -0.343 e. The van der Waals surface area contributed by atoms with Gasteiger partial charge in [-0.25, -0.2) is 0 Å². The molecular formula is C22H37N3O3. The van der Waals surface area contributed by atoms with E-state index in [2.05, 4.69) is 23.6 Å². The normalized spacial score (nSPS) is 27.0. The van der Waals surface area contributed by atoms with Crippen LogP contribution in [0.4, 0.5) is 0 Å². The largest absolute Gasteiger partial charge is 0.343 e. The van der Waals surface area contributed by atoms with Crippen LogP contribution in [-0.4, -0.2) is 71.7 Å². The summed E-state index contributed by atoms with van der Waals surface area (Å²) < 4.78 is 0. The van der Waals surface area contributed by atoms with E-state index in [0.29, 0.717) is 25.4 Å². The molecule has 6 nitrogen and oxygen atoms in total. The molecular weight excluding hydrogens is 354 g/mol. The summed E-state index contributed by atoms with van der Waals surface area (Å²) in [4.78, 5) is 43.1. The number of rotatable bonds is 4. The van der Waals surface area contributed by atoms with E-state index in [0.717, 1.165) is 64.7 Å². The van der Waals surface area contributed by atoms with Gasteiger partial charge in [-0.15, -0.1) is 0 Å². The van der Waals surface area contributed by atoms with Crippen molar-refractivity contribution in [3.05, 3.63) is 0 Å². The molecule has 158 valence electrons. The van der Waals surface area contributed by atoms with Crippen molar-refractivity contribution in [2.45, 2.75) is 65.7 Å². The van der Waals surface area contributed by atoms with Crippen molar-refractivity contribution in [1.29, 1.82) is 0 Å². The molecule has 0 saturated carbocycles. The fourth-order valence-corrected chi connectivity index (χ4v) is 5.15. The van der Waals surface area contributed by atoms with Crippen LogP contribution in [0.5, 0.6) is 0 Å². The van der Waals surface area contributed by atoms with E-state index in [1.54, 1.807) is 6.92 Å². The molecule has 0 N–H and O–H groups in total. The van der Waals surface area contributed by atoms with Crippen molar-refractivity contribution >= 4 is 17.7 Å². The van der Waals surface area contributed by atoms with E-state index in [1.807, 2.05) is 4.90 Å². The second-order valence-corrected chi connectivity index (χ2v) is 9.64. The Kier molecular flexibility index (Phi) is 6.66. The molecule has 0 radical (unpaired) electrons. The van der Waals surface area contributed by atoms with E-state index in [-0.39, 0.29) is 29.1 Å². The van der Waals surface area contributed by atoms with Crippen molar-refractivity contribution < 1.29 is 14.4 Å². The van der Waals surface area contributed by atoms with Crippen LogP contribution in [0.1, 0.15) is 65.7 Å². The lowest BCUT2D eigenvalue weighted by Gasteiger charge is -2.49. The van der Waals surface area contributed by atoms with Gasteiger partial charge in [0.25, 0.3) is 0 Å². The first-order valence-electron chi connectivity index (χ1n) is 11.1. The lowest BCUT2D eigenvalue weighted by Crippen LogP contribution is -2.56. The predicted octanol–water partition coefficient (Wildman–Crippen LogP) is 2.52. The van der Waals surface area contributed by atoms with Crippen LogP contribution in [0.3, 0.4) is 0 Å². The molecule has 0 unspecified atom stereocenters. The maximum Gasteiger partial charge on any atom is 0.225 e. The number of hydrogen-bond acceptors (Lipinski definition) is 3. The molecule has 3 saturated heterocycles. The number of piperidine rings is 3. The van der Waals surface area contributed by atoms with Crippen molar-refractivity contribution in [3.63, 3.8) is 0 Å². The zero-order chi connectivity index (χ0) is 20.3. The van der Waals surface area contributed by atoms with Gasteiger partial charge >= 0.3 is 0 Å². The van der Waals surface area contributed by atoms with Gasteiger partial charge in [0.1, 0.15) is 0 Å². The van der Waals surface area contributed by atoms with E-state index in [9.17, 15) is 14.4 Å². The zero-order valence-electron chi connectivity index (χ0n) is 17.9. The van der Waals surface area contributed by atoms with Gasteiger partial charge in [-0.1, -0.05) is 13.8 Å². The second kappa shape index (κ2) is 8.83. The Hall–Kier alpha value is -1.59. The molecule has 3 fully saturated rings. The standard InChI is InChI=1S/C22H37N3O3/c1-17(2)6-12-24-15-22(10-5-20(24)27)9-4-11-25(16-22)21(28)19-7-13-23(14-8-19)18(3)26/h17,19H,4-16H2,1-3H3/t22-/m1/s1. The molecule has 6 heteroatoms. The smallest absolute Gasteiger partial charge is 0.225 e. The average molecular weight is 392 g/mol. The predicted molar refractivity (Wildman–Crippen MR) is 108 cm³/mol. The van der Waals surface area contributed by atoms with Gasteiger partial charge in [-0.05, 0) is 44.4 Å². The first-order chi connectivity index (χ1) is 13.3. The topological polar surface area (TPSA) is 60.9 Å². The van der Waals surface area contributed by atoms with Gasteiger partial charge in [0.2, 0.25) is 17.7 Å². The van der Waals surface area contributed by atoms with Crippen LogP contribution in [0, 0.1) is 17.3 Å². The van der Waals surface area contributed by atoms with Crippen LogP contribution in [0.15, 0.2) is 0 Å². The Balaban J connectivity index is 1.59. The van der Waals surface area contributed by atoms with E-state index in [1.165, 1.54) is 0 Å². The molecule has 3 aliphatic heterocycles. The molecule has 3 rings (SSSR count). The molecule has 3 aliphatic rings. The summed E-state index contributed by atoms with van der Waals surface area (Å²) in [6, 6.07) is 0.